The van der Waals surface area contributed by atoms with Crippen molar-refractivity contribution in [2.45, 2.75) is 5.41 Å². The number of benzene rings is 10. The molecule has 0 bridgehead atoms. The fourth-order valence-electron chi connectivity index (χ4n) is 10.3. The standard InChI is InChI=1S/C59H40N2/c1-5-20-42(21-6-1)57-55(37-38-56-58(57)51-30-16-18-32-54(51)61(56)46-27-11-4-12-28-46)60(47-34-33-41-19-13-14-22-43(41)39-47)48-35-36-50-49-29-15-17-31-52(49)59(53(50)40-48,44-23-7-2-8-24-44)45-25-9-3-10-26-45/h1-40H. The third kappa shape index (κ3) is 5.36. The lowest BCUT2D eigenvalue weighted by Crippen LogP contribution is -2.28. The molecule has 0 saturated heterocycles. The van der Waals surface area contributed by atoms with Gasteiger partial charge in [0.05, 0.1) is 22.1 Å². The second-order valence-electron chi connectivity index (χ2n) is 16.0. The Balaban J connectivity index is 1.20. The molecule has 0 unspecified atom stereocenters. The van der Waals surface area contributed by atoms with Gasteiger partial charge in [-0.3, -0.25) is 0 Å². The second kappa shape index (κ2) is 14.1. The summed E-state index contributed by atoms with van der Waals surface area (Å²) in [4.78, 5) is 2.51. The molecule has 10 aromatic carbocycles. The van der Waals surface area contributed by atoms with E-state index in [1.54, 1.807) is 0 Å². The topological polar surface area (TPSA) is 8.17 Å². The lowest BCUT2D eigenvalue weighted by molar-refractivity contribution is 0.768. The molecule has 0 fully saturated rings. The smallest absolute Gasteiger partial charge is 0.0714 e. The molecule has 12 rings (SSSR count). The number of aromatic nitrogens is 1. The van der Waals surface area contributed by atoms with Crippen molar-refractivity contribution < 1.29 is 0 Å². The molecule has 1 aromatic heterocycles. The van der Waals surface area contributed by atoms with Crippen molar-refractivity contribution in [1.29, 1.82) is 0 Å². The Labute approximate surface area is 355 Å². The van der Waals surface area contributed by atoms with Gasteiger partial charge in [-0.25, -0.2) is 0 Å². The normalized spacial score (nSPS) is 12.7. The van der Waals surface area contributed by atoms with Crippen molar-refractivity contribution in [1.82, 2.24) is 4.57 Å². The number of nitrogens with zero attached hydrogens (tertiary/aromatic N) is 2. The summed E-state index contributed by atoms with van der Waals surface area (Å²) in [6.07, 6.45) is 0. The SMILES string of the molecule is c1ccc(-c2c(N(c3ccc4c(c3)C(c3ccccc3)(c3ccccc3)c3ccccc3-4)c3ccc4ccccc4c3)ccc3c2c2ccccc2n3-c2ccccc2)cc1. The molecule has 286 valence electrons. The lowest BCUT2D eigenvalue weighted by Gasteiger charge is -2.35. The summed E-state index contributed by atoms with van der Waals surface area (Å²) in [6, 6.07) is 89.2. The summed E-state index contributed by atoms with van der Waals surface area (Å²) in [6.45, 7) is 0. The average Bonchev–Trinajstić information content (AvgIpc) is 3.83. The first kappa shape index (κ1) is 35.0. The Hall–Kier alpha value is -7.94. The summed E-state index contributed by atoms with van der Waals surface area (Å²) >= 11 is 0. The van der Waals surface area contributed by atoms with E-state index in [1.165, 1.54) is 77.1 Å². The Bertz CT molecular complexity index is 3360. The molecule has 0 N–H and O–H groups in total. The Morgan fingerprint density at radius 1 is 0.377 bits per heavy atom. The van der Waals surface area contributed by atoms with Gasteiger partial charge in [-0.1, -0.05) is 188 Å². The lowest BCUT2D eigenvalue weighted by atomic mass is 9.67. The largest absolute Gasteiger partial charge is 0.310 e. The molecule has 1 aliphatic carbocycles. The number of hydrogen-bond acceptors (Lipinski definition) is 1. The second-order valence-corrected chi connectivity index (χ2v) is 16.0. The van der Waals surface area contributed by atoms with Crippen LogP contribution in [0.5, 0.6) is 0 Å². The van der Waals surface area contributed by atoms with Crippen LogP contribution in [0.1, 0.15) is 22.3 Å². The zero-order valence-corrected chi connectivity index (χ0v) is 33.5. The predicted octanol–water partition coefficient (Wildman–Crippen LogP) is 15.4. The van der Waals surface area contributed by atoms with Crippen molar-refractivity contribution in [2.75, 3.05) is 4.90 Å². The molecular weight excluding hydrogens is 737 g/mol. The highest BCUT2D eigenvalue weighted by Crippen LogP contribution is 2.58. The molecule has 0 saturated carbocycles. The summed E-state index contributed by atoms with van der Waals surface area (Å²) in [7, 11) is 0. The maximum absolute atomic E-state index is 2.51. The zero-order valence-electron chi connectivity index (χ0n) is 33.5. The molecule has 11 aromatic rings. The number of anilines is 3. The van der Waals surface area contributed by atoms with Crippen LogP contribution in [0.25, 0.3) is 60.5 Å². The van der Waals surface area contributed by atoms with Crippen LogP contribution in [0.3, 0.4) is 0 Å². The van der Waals surface area contributed by atoms with E-state index in [1.807, 2.05) is 0 Å². The molecular formula is C59H40N2. The number of hydrogen-bond donors (Lipinski definition) is 0. The molecule has 61 heavy (non-hydrogen) atoms. The maximum Gasteiger partial charge on any atom is 0.0714 e. The van der Waals surface area contributed by atoms with Gasteiger partial charge in [-0.05, 0) is 104 Å². The van der Waals surface area contributed by atoms with E-state index >= 15 is 0 Å². The average molecular weight is 777 g/mol. The predicted molar refractivity (Wildman–Crippen MR) is 256 cm³/mol. The first-order valence-corrected chi connectivity index (χ1v) is 21.1. The van der Waals surface area contributed by atoms with Gasteiger partial charge < -0.3 is 9.47 Å². The van der Waals surface area contributed by atoms with Gasteiger partial charge >= 0.3 is 0 Å². The van der Waals surface area contributed by atoms with Crippen molar-refractivity contribution in [3.63, 3.8) is 0 Å². The first-order valence-electron chi connectivity index (χ1n) is 21.1. The molecule has 0 amide bonds. The maximum atomic E-state index is 2.51. The van der Waals surface area contributed by atoms with Gasteiger partial charge in [-0.2, -0.15) is 0 Å². The molecule has 2 heteroatoms. The van der Waals surface area contributed by atoms with Crippen LogP contribution in [-0.4, -0.2) is 4.57 Å². The summed E-state index contributed by atoms with van der Waals surface area (Å²) < 4.78 is 2.42. The Morgan fingerprint density at radius 2 is 0.951 bits per heavy atom. The molecule has 2 nitrogen and oxygen atoms in total. The highest BCUT2D eigenvalue weighted by molar-refractivity contribution is 6.19. The fourth-order valence-corrected chi connectivity index (χ4v) is 10.3. The highest BCUT2D eigenvalue weighted by Gasteiger charge is 2.46. The van der Waals surface area contributed by atoms with Gasteiger partial charge in [0.1, 0.15) is 0 Å². The van der Waals surface area contributed by atoms with Crippen molar-refractivity contribution in [3.05, 3.63) is 265 Å². The summed E-state index contributed by atoms with van der Waals surface area (Å²) in [5.41, 5.74) is 16.3. The highest BCUT2D eigenvalue weighted by atomic mass is 15.1. The van der Waals surface area contributed by atoms with Crippen LogP contribution in [0.4, 0.5) is 17.1 Å². The van der Waals surface area contributed by atoms with Crippen LogP contribution in [0, 0.1) is 0 Å². The minimum atomic E-state index is -0.533. The van der Waals surface area contributed by atoms with Crippen LogP contribution in [0.2, 0.25) is 0 Å². The molecule has 0 atom stereocenters. The third-order valence-electron chi connectivity index (χ3n) is 12.8. The van der Waals surface area contributed by atoms with Crippen LogP contribution < -0.4 is 4.90 Å². The van der Waals surface area contributed by atoms with E-state index < -0.39 is 5.41 Å². The zero-order chi connectivity index (χ0) is 40.3. The quantitative estimate of drug-likeness (QED) is 0.156. The van der Waals surface area contributed by atoms with Gasteiger partial charge in [0, 0.05) is 33.4 Å². The molecule has 1 heterocycles. The summed E-state index contributed by atoms with van der Waals surface area (Å²) in [5.74, 6) is 0. The Kier molecular flexibility index (Phi) is 8.11. The fraction of sp³-hybridized carbons (Fsp3) is 0.0169. The van der Waals surface area contributed by atoms with Crippen LogP contribution in [0.15, 0.2) is 243 Å². The van der Waals surface area contributed by atoms with Gasteiger partial charge in [0.2, 0.25) is 0 Å². The van der Waals surface area contributed by atoms with E-state index in [4.69, 9.17) is 0 Å². The van der Waals surface area contributed by atoms with Crippen molar-refractivity contribution >= 4 is 49.6 Å². The summed E-state index contributed by atoms with van der Waals surface area (Å²) in [5, 5.41) is 4.86. The van der Waals surface area contributed by atoms with Crippen LogP contribution in [-0.2, 0) is 5.41 Å². The number of fused-ring (bicyclic) bond motifs is 7. The van der Waals surface area contributed by atoms with E-state index in [0.29, 0.717) is 0 Å². The first-order chi connectivity index (χ1) is 30.3. The van der Waals surface area contributed by atoms with Crippen molar-refractivity contribution in [3.8, 4) is 27.9 Å². The van der Waals surface area contributed by atoms with Gasteiger partial charge in [0.25, 0.3) is 0 Å². The van der Waals surface area contributed by atoms with E-state index in [-0.39, 0.29) is 0 Å². The molecule has 0 aliphatic heterocycles. The van der Waals surface area contributed by atoms with Crippen molar-refractivity contribution in [2.24, 2.45) is 0 Å². The van der Waals surface area contributed by atoms with E-state index in [9.17, 15) is 0 Å². The Morgan fingerprint density at radius 3 is 1.70 bits per heavy atom. The minimum Gasteiger partial charge on any atom is -0.310 e. The monoisotopic (exact) mass is 776 g/mol. The number of rotatable bonds is 7. The minimum absolute atomic E-state index is 0.533. The molecule has 0 radical (unpaired) electrons. The third-order valence-corrected chi connectivity index (χ3v) is 12.8. The van der Waals surface area contributed by atoms with Gasteiger partial charge in [-0.15, -0.1) is 0 Å². The van der Waals surface area contributed by atoms with E-state index in [2.05, 4.69) is 252 Å². The van der Waals surface area contributed by atoms with E-state index in [0.717, 1.165) is 22.7 Å². The van der Waals surface area contributed by atoms with Crippen LogP contribution >= 0.6 is 0 Å². The molecule has 1 aliphatic rings. The number of para-hydroxylation sites is 2. The van der Waals surface area contributed by atoms with Gasteiger partial charge in [0.15, 0.2) is 0 Å². The molecule has 0 spiro atoms.